The first-order valence-corrected chi connectivity index (χ1v) is 5.29. The van der Waals surface area contributed by atoms with Crippen molar-refractivity contribution in [1.82, 2.24) is 4.90 Å². The van der Waals surface area contributed by atoms with Gasteiger partial charge in [-0.15, -0.1) is 0 Å². The summed E-state index contributed by atoms with van der Waals surface area (Å²) in [5.74, 6) is 0.999. The van der Waals surface area contributed by atoms with Crippen LogP contribution in [0.4, 0.5) is 0 Å². The molecular weight excluding hydrogens is 148 g/mol. The smallest absolute Gasteiger partial charge is 0.000671 e. The number of hydrogen-bond donors (Lipinski definition) is 1. The van der Waals surface area contributed by atoms with E-state index in [4.69, 9.17) is 5.73 Å². The molecule has 1 aliphatic rings. The van der Waals surface area contributed by atoms with E-state index in [1.54, 1.807) is 0 Å². The third-order valence-corrected chi connectivity index (χ3v) is 2.96. The summed E-state index contributed by atoms with van der Waals surface area (Å²) in [6.45, 7) is 6.97. The van der Waals surface area contributed by atoms with E-state index in [1.165, 1.54) is 38.9 Å². The number of hydrogen-bond acceptors (Lipinski definition) is 2. The minimum atomic E-state index is 0.841. The molecule has 0 saturated carbocycles. The Balaban J connectivity index is 2.09. The molecule has 0 bridgehead atoms. The summed E-state index contributed by atoms with van der Waals surface area (Å²) in [7, 11) is 0. The number of rotatable bonds is 4. The molecule has 0 radical (unpaired) electrons. The van der Waals surface area contributed by atoms with E-state index in [0.29, 0.717) is 0 Å². The van der Waals surface area contributed by atoms with Crippen LogP contribution < -0.4 is 5.73 Å². The Hall–Kier alpha value is -0.0800. The highest BCUT2D eigenvalue weighted by molar-refractivity contribution is 4.71. The third kappa shape index (κ3) is 3.11. The van der Waals surface area contributed by atoms with Gasteiger partial charge in [-0.05, 0) is 51.4 Å². The maximum absolute atomic E-state index is 5.47. The summed E-state index contributed by atoms with van der Waals surface area (Å²) in [6.07, 6.45) is 5.34. The molecule has 1 fully saturated rings. The van der Waals surface area contributed by atoms with Gasteiger partial charge < -0.3 is 10.6 Å². The SMILES string of the molecule is CCC1CCN(CCCN)CC1. The van der Waals surface area contributed by atoms with Crippen LogP contribution >= 0.6 is 0 Å². The van der Waals surface area contributed by atoms with Crippen molar-refractivity contribution in [2.75, 3.05) is 26.2 Å². The van der Waals surface area contributed by atoms with Crippen molar-refractivity contribution in [1.29, 1.82) is 0 Å². The quantitative estimate of drug-likeness (QED) is 0.692. The molecule has 0 aromatic heterocycles. The molecule has 0 spiro atoms. The van der Waals surface area contributed by atoms with E-state index in [9.17, 15) is 0 Å². The van der Waals surface area contributed by atoms with E-state index < -0.39 is 0 Å². The van der Waals surface area contributed by atoms with Crippen molar-refractivity contribution < 1.29 is 0 Å². The van der Waals surface area contributed by atoms with Crippen LogP contribution in [0.5, 0.6) is 0 Å². The molecule has 1 rings (SSSR count). The Labute approximate surface area is 76.1 Å². The third-order valence-electron chi connectivity index (χ3n) is 2.96. The lowest BCUT2D eigenvalue weighted by Crippen LogP contribution is -2.34. The van der Waals surface area contributed by atoms with Crippen molar-refractivity contribution in [2.45, 2.75) is 32.6 Å². The van der Waals surface area contributed by atoms with Gasteiger partial charge in [-0.25, -0.2) is 0 Å². The van der Waals surface area contributed by atoms with Gasteiger partial charge in [-0.1, -0.05) is 13.3 Å². The molecule has 0 aromatic rings. The summed E-state index contributed by atoms with van der Waals surface area (Å²) >= 11 is 0. The molecule has 1 heterocycles. The van der Waals surface area contributed by atoms with Gasteiger partial charge in [-0.2, -0.15) is 0 Å². The minimum absolute atomic E-state index is 0.841. The average molecular weight is 170 g/mol. The molecule has 0 atom stereocenters. The van der Waals surface area contributed by atoms with Gasteiger partial charge in [0.15, 0.2) is 0 Å². The second-order valence-electron chi connectivity index (χ2n) is 3.84. The topological polar surface area (TPSA) is 29.3 Å². The monoisotopic (exact) mass is 170 g/mol. The fourth-order valence-electron chi connectivity index (χ4n) is 1.93. The van der Waals surface area contributed by atoms with E-state index in [1.807, 2.05) is 0 Å². The first-order valence-electron chi connectivity index (χ1n) is 5.29. The lowest BCUT2D eigenvalue weighted by atomic mass is 9.94. The van der Waals surface area contributed by atoms with Crippen LogP contribution in [0.15, 0.2) is 0 Å². The molecule has 2 heteroatoms. The average Bonchev–Trinajstić information content (AvgIpc) is 2.15. The van der Waals surface area contributed by atoms with Crippen LogP contribution in [0.2, 0.25) is 0 Å². The van der Waals surface area contributed by atoms with Crippen molar-refractivity contribution in [3.63, 3.8) is 0 Å². The van der Waals surface area contributed by atoms with E-state index >= 15 is 0 Å². The van der Waals surface area contributed by atoms with Gasteiger partial charge in [0.1, 0.15) is 0 Å². The largest absolute Gasteiger partial charge is 0.330 e. The van der Waals surface area contributed by atoms with Crippen LogP contribution in [0.1, 0.15) is 32.6 Å². The van der Waals surface area contributed by atoms with Crippen molar-refractivity contribution in [3.8, 4) is 0 Å². The molecule has 1 saturated heterocycles. The Bertz CT molecular complexity index is 106. The fraction of sp³-hybridized carbons (Fsp3) is 1.00. The summed E-state index contributed by atoms with van der Waals surface area (Å²) in [6, 6.07) is 0. The Morgan fingerprint density at radius 3 is 2.50 bits per heavy atom. The number of nitrogens with two attached hydrogens (primary N) is 1. The van der Waals surface area contributed by atoms with Gasteiger partial charge in [0.2, 0.25) is 0 Å². The van der Waals surface area contributed by atoms with Gasteiger partial charge in [0.05, 0.1) is 0 Å². The normalized spacial score (nSPS) is 21.5. The van der Waals surface area contributed by atoms with E-state index in [0.717, 1.165) is 18.9 Å². The van der Waals surface area contributed by atoms with Gasteiger partial charge in [0, 0.05) is 0 Å². The molecular formula is C10H22N2. The van der Waals surface area contributed by atoms with E-state index in [2.05, 4.69) is 11.8 Å². The lowest BCUT2D eigenvalue weighted by Gasteiger charge is -2.31. The molecule has 72 valence electrons. The lowest BCUT2D eigenvalue weighted by molar-refractivity contribution is 0.181. The molecule has 0 aromatic carbocycles. The zero-order valence-corrected chi connectivity index (χ0v) is 8.26. The second kappa shape index (κ2) is 5.55. The maximum atomic E-state index is 5.47. The predicted molar refractivity (Wildman–Crippen MR) is 53.1 cm³/mol. The van der Waals surface area contributed by atoms with Crippen molar-refractivity contribution in [3.05, 3.63) is 0 Å². The highest BCUT2D eigenvalue weighted by Gasteiger charge is 2.16. The van der Waals surface area contributed by atoms with E-state index in [-0.39, 0.29) is 0 Å². The molecule has 12 heavy (non-hydrogen) atoms. The van der Waals surface area contributed by atoms with Crippen LogP contribution in [0.3, 0.4) is 0 Å². The summed E-state index contributed by atoms with van der Waals surface area (Å²) in [5.41, 5.74) is 5.47. The van der Waals surface area contributed by atoms with Crippen LogP contribution in [0, 0.1) is 5.92 Å². The predicted octanol–water partition coefficient (Wildman–Crippen LogP) is 1.46. The minimum Gasteiger partial charge on any atom is -0.330 e. The number of piperidine rings is 1. The van der Waals surface area contributed by atoms with Crippen LogP contribution in [-0.2, 0) is 0 Å². The summed E-state index contributed by atoms with van der Waals surface area (Å²) < 4.78 is 0. The first kappa shape index (κ1) is 10.0. The second-order valence-corrected chi connectivity index (χ2v) is 3.84. The molecule has 0 amide bonds. The molecule has 1 aliphatic heterocycles. The van der Waals surface area contributed by atoms with Crippen LogP contribution in [-0.4, -0.2) is 31.1 Å². The molecule has 2 N–H and O–H groups in total. The Morgan fingerprint density at radius 2 is 2.00 bits per heavy atom. The highest BCUT2D eigenvalue weighted by atomic mass is 15.1. The zero-order chi connectivity index (χ0) is 8.81. The van der Waals surface area contributed by atoms with Crippen molar-refractivity contribution in [2.24, 2.45) is 11.7 Å². The fourth-order valence-corrected chi connectivity index (χ4v) is 1.93. The van der Waals surface area contributed by atoms with Crippen LogP contribution in [0.25, 0.3) is 0 Å². The molecule has 2 nitrogen and oxygen atoms in total. The highest BCUT2D eigenvalue weighted by Crippen LogP contribution is 2.19. The molecule has 0 unspecified atom stereocenters. The van der Waals surface area contributed by atoms with Gasteiger partial charge in [-0.3, -0.25) is 0 Å². The number of nitrogens with zero attached hydrogens (tertiary/aromatic N) is 1. The maximum Gasteiger partial charge on any atom is -0.000671 e. The summed E-state index contributed by atoms with van der Waals surface area (Å²) in [4.78, 5) is 2.55. The molecule has 0 aliphatic carbocycles. The zero-order valence-electron chi connectivity index (χ0n) is 8.26. The van der Waals surface area contributed by atoms with Crippen molar-refractivity contribution >= 4 is 0 Å². The Kier molecular flexibility index (Phi) is 4.62. The van der Waals surface area contributed by atoms with Gasteiger partial charge in [0.25, 0.3) is 0 Å². The standard InChI is InChI=1S/C10H22N2/c1-2-10-4-8-12(9-5-10)7-3-6-11/h10H,2-9,11H2,1H3. The summed E-state index contributed by atoms with van der Waals surface area (Å²) in [5, 5.41) is 0. The Morgan fingerprint density at radius 1 is 1.33 bits per heavy atom. The van der Waals surface area contributed by atoms with Gasteiger partial charge >= 0.3 is 0 Å². The first-order chi connectivity index (χ1) is 5.86. The number of likely N-dealkylation sites (tertiary alicyclic amines) is 1.